The number of carbonyl (C=O) groups excluding carboxylic acids is 2. The summed E-state index contributed by atoms with van der Waals surface area (Å²) in [6, 6.07) is 9.94. The molecule has 3 heterocycles. The lowest BCUT2D eigenvalue weighted by atomic mass is 9.96. The molecule has 1 aliphatic rings. The molecule has 0 unspecified atom stereocenters. The van der Waals surface area contributed by atoms with Gasteiger partial charge in [-0.15, -0.1) is 0 Å². The van der Waals surface area contributed by atoms with E-state index in [0.29, 0.717) is 37.3 Å². The Morgan fingerprint density at radius 2 is 1.75 bits per heavy atom. The fraction of sp³-hybridized carbons (Fsp3) is 0.250. The predicted molar refractivity (Wildman–Crippen MR) is 101 cm³/mol. The first-order valence-electron chi connectivity index (χ1n) is 9.11. The molecule has 7 nitrogen and oxygen atoms in total. The van der Waals surface area contributed by atoms with Crippen LogP contribution in [0.2, 0.25) is 0 Å². The van der Waals surface area contributed by atoms with Crippen LogP contribution < -0.4 is 5.73 Å². The van der Waals surface area contributed by atoms with E-state index in [9.17, 15) is 14.0 Å². The van der Waals surface area contributed by atoms with Crippen LogP contribution in [0.5, 0.6) is 0 Å². The second kappa shape index (κ2) is 7.30. The molecule has 0 atom stereocenters. The Morgan fingerprint density at radius 1 is 1.07 bits per heavy atom. The molecule has 4 rings (SSSR count). The largest absolute Gasteiger partial charge is 0.369 e. The highest BCUT2D eigenvalue weighted by molar-refractivity contribution is 5.97. The first-order valence-corrected chi connectivity index (χ1v) is 9.11. The summed E-state index contributed by atoms with van der Waals surface area (Å²) in [5.41, 5.74) is 6.01. The first-order chi connectivity index (χ1) is 13.6. The van der Waals surface area contributed by atoms with E-state index in [2.05, 4.69) is 5.10 Å². The minimum Gasteiger partial charge on any atom is -0.369 e. The van der Waals surface area contributed by atoms with Gasteiger partial charge in [0.15, 0.2) is 5.82 Å². The molecule has 1 saturated heterocycles. The van der Waals surface area contributed by atoms with Crippen LogP contribution in [0, 0.1) is 11.7 Å². The highest BCUT2D eigenvalue weighted by Gasteiger charge is 2.29. The summed E-state index contributed by atoms with van der Waals surface area (Å²) >= 11 is 0. The molecule has 2 N–H and O–H groups in total. The van der Waals surface area contributed by atoms with Crippen molar-refractivity contribution in [2.24, 2.45) is 11.7 Å². The van der Waals surface area contributed by atoms with Gasteiger partial charge in [-0.1, -0.05) is 12.1 Å². The van der Waals surface area contributed by atoms with Gasteiger partial charge in [-0.2, -0.15) is 5.10 Å². The van der Waals surface area contributed by atoms with E-state index in [4.69, 9.17) is 5.73 Å². The van der Waals surface area contributed by atoms with Crippen molar-refractivity contribution < 1.29 is 14.0 Å². The van der Waals surface area contributed by atoms with E-state index >= 15 is 0 Å². The third kappa shape index (κ3) is 3.17. The van der Waals surface area contributed by atoms with Gasteiger partial charge in [0.05, 0.1) is 6.20 Å². The van der Waals surface area contributed by atoms with Crippen LogP contribution >= 0.6 is 0 Å². The number of para-hydroxylation sites is 1. The number of hydrogen-bond donors (Lipinski definition) is 1. The maximum atomic E-state index is 14.4. The van der Waals surface area contributed by atoms with Crippen molar-refractivity contribution in [2.75, 3.05) is 13.1 Å². The zero-order valence-electron chi connectivity index (χ0n) is 15.2. The molecule has 3 aromatic rings. The molecule has 0 spiro atoms. The van der Waals surface area contributed by atoms with Crippen LogP contribution in [0.25, 0.3) is 11.5 Å². The molecule has 1 fully saturated rings. The summed E-state index contributed by atoms with van der Waals surface area (Å²) in [6.45, 7) is 0.894. The SMILES string of the molecule is NC(=O)C1CCN(C(=O)c2cnn(-c3ccccc3F)c2-n2cccc2)CC1. The molecular weight excluding hydrogens is 361 g/mol. The molecule has 0 aliphatic carbocycles. The van der Waals surface area contributed by atoms with Crippen molar-refractivity contribution in [1.82, 2.24) is 19.2 Å². The molecule has 8 heteroatoms. The van der Waals surface area contributed by atoms with Crippen LogP contribution in [-0.2, 0) is 4.79 Å². The summed E-state index contributed by atoms with van der Waals surface area (Å²) in [7, 11) is 0. The standard InChI is InChI=1S/C20H20FN5O2/c21-16-5-1-2-6-17(16)26-19(24-9-3-4-10-24)15(13-23-26)20(28)25-11-7-14(8-12-25)18(22)27/h1-6,9-10,13-14H,7-8,11-12H2,(H2,22,27). The Morgan fingerprint density at radius 3 is 2.39 bits per heavy atom. The van der Waals surface area contributed by atoms with Gasteiger partial charge < -0.3 is 15.2 Å². The van der Waals surface area contributed by atoms with Gasteiger partial charge in [0, 0.05) is 31.4 Å². The van der Waals surface area contributed by atoms with Crippen molar-refractivity contribution >= 4 is 11.8 Å². The number of benzene rings is 1. The number of nitrogens with zero attached hydrogens (tertiary/aromatic N) is 4. The van der Waals surface area contributed by atoms with Crippen molar-refractivity contribution in [3.8, 4) is 11.5 Å². The third-order valence-electron chi connectivity index (χ3n) is 5.09. The number of amides is 2. The summed E-state index contributed by atoms with van der Waals surface area (Å²) < 4.78 is 17.5. The number of likely N-dealkylation sites (tertiary alicyclic amines) is 1. The topological polar surface area (TPSA) is 86.2 Å². The minimum absolute atomic E-state index is 0.200. The zero-order chi connectivity index (χ0) is 19.7. The Balaban J connectivity index is 1.71. The smallest absolute Gasteiger partial charge is 0.259 e. The van der Waals surface area contributed by atoms with Crippen LogP contribution in [-0.4, -0.2) is 44.2 Å². The van der Waals surface area contributed by atoms with Crippen molar-refractivity contribution in [2.45, 2.75) is 12.8 Å². The number of rotatable bonds is 4. The number of primary amides is 1. The lowest BCUT2D eigenvalue weighted by Gasteiger charge is -2.30. The minimum atomic E-state index is -0.430. The number of aromatic nitrogens is 3. The van der Waals surface area contributed by atoms with E-state index < -0.39 is 5.82 Å². The van der Waals surface area contributed by atoms with Crippen molar-refractivity contribution in [3.05, 3.63) is 66.4 Å². The predicted octanol–water partition coefficient (Wildman–Crippen LogP) is 2.14. The lowest BCUT2D eigenvalue weighted by Crippen LogP contribution is -2.41. The molecular formula is C20H20FN5O2. The Kier molecular flexibility index (Phi) is 4.68. The van der Waals surface area contributed by atoms with E-state index in [-0.39, 0.29) is 23.4 Å². The van der Waals surface area contributed by atoms with Gasteiger partial charge in [-0.3, -0.25) is 9.59 Å². The molecule has 1 aliphatic heterocycles. The van der Waals surface area contributed by atoms with Crippen LogP contribution in [0.15, 0.2) is 55.0 Å². The van der Waals surface area contributed by atoms with Gasteiger partial charge in [0.2, 0.25) is 5.91 Å². The fourth-order valence-electron chi connectivity index (χ4n) is 3.55. The number of nitrogens with two attached hydrogens (primary N) is 1. The maximum absolute atomic E-state index is 14.4. The first kappa shape index (κ1) is 18.0. The maximum Gasteiger partial charge on any atom is 0.259 e. The average Bonchev–Trinajstić information content (AvgIpc) is 3.37. The number of piperidine rings is 1. The number of hydrogen-bond acceptors (Lipinski definition) is 3. The van der Waals surface area contributed by atoms with Crippen LogP contribution in [0.1, 0.15) is 23.2 Å². The molecule has 0 saturated carbocycles. The zero-order valence-corrected chi connectivity index (χ0v) is 15.2. The highest BCUT2D eigenvalue weighted by atomic mass is 19.1. The summed E-state index contributed by atoms with van der Waals surface area (Å²) in [5.74, 6) is -0.687. The molecule has 0 bridgehead atoms. The second-order valence-corrected chi connectivity index (χ2v) is 6.80. The van der Waals surface area contributed by atoms with Crippen molar-refractivity contribution in [1.29, 1.82) is 0 Å². The van der Waals surface area contributed by atoms with Gasteiger partial charge in [-0.05, 0) is 37.1 Å². The normalized spacial score (nSPS) is 15.0. The Hall–Kier alpha value is -3.42. The Bertz CT molecular complexity index is 1000. The lowest BCUT2D eigenvalue weighted by molar-refractivity contribution is -0.123. The molecule has 2 aromatic heterocycles. The molecule has 28 heavy (non-hydrogen) atoms. The summed E-state index contributed by atoms with van der Waals surface area (Å²) in [5, 5.41) is 4.30. The number of halogens is 1. The fourth-order valence-corrected chi connectivity index (χ4v) is 3.55. The molecule has 1 aromatic carbocycles. The van der Waals surface area contributed by atoms with Gasteiger partial charge in [-0.25, -0.2) is 9.07 Å². The molecule has 144 valence electrons. The van der Waals surface area contributed by atoms with Crippen LogP contribution in [0.3, 0.4) is 0 Å². The van der Waals surface area contributed by atoms with E-state index in [1.807, 2.05) is 12.1 Å². The third-order valence-corrected chi connectivity index (χ3v) is 5.09. The van der Waals surface area contributed by atoms with Gasteiger partial charge >= 0.3 is 0 Å². The average molecular weight is 381 g/mol. The Labute approximate surface area is 161 Å². The van der Waals surface area contributed by atoms with Crippen molar-refractivity contribution in [3.63, 3.8) is 0 Å². The summed E-state index contributed by atoms with van der Waals surface area (Å²) in [4.78, 5) is 26.2. The quantitative estimate of drug-likeness (QED) is 0.751. The highest BCUT2D eigenvalue weighted by Crippen LogP contribution is 2.25. The summed E-state index contributed by atoms with van der Waals surface area (Å²) in [6.07, 6.45) is 6.11. The van der Waals surface area contributed by atoms with E-state index in [1.54, 1.807) is 40.1 Å². The monoisotopic (exact) mass is 381 g/mol. The molecule has 0 radical (unpaired) electrons. The molecule has 2 amide bonds. The van der Waals surface area contributed by atoms with Crippen LogP contribution in [0.4, 0.5) is 4.39 Å². The van der Waals surface area contributed by atoms with Gasteiger partial charge in [0.1, 0.15) is 17.1 Å². The number of carbonyl (C=O) groups is 2. The van der Waals surface area contributed by atoms with E-state index in [0.717, 1.165) is 0 Å². The van der Waals surface area contributed by atoms with Gasteiger partial charge in [0.25, 0.3) is 5.91 Å². The second-order valence-electron chi connectivity index (χ2n) is 6.80. The van der Waals surface area contributed by atoms with E-state index in [1.165, 1.54) is 16.9 Å².